The van der Waals surface area contributed by atoms with Gasteiger partial charge >= 0.3 is 44.9 Å². The van der Waals surface area contributed by atoms with E-state index in [1.54, 1.807) is 0 Å². The normalized spacial score (nSPS) is 11.6. The van der Waals surface area contributed by atoms with Crippen LogP contribution >= 0.6 is 0 Å². The summed E-state index contributed by atoms with van der Waals surface area (Å²) in [6, 6.07) is 32.0. The van der Waals surface area contributed by atoms with Crippen molar-refractivity contribution in [2.45, 2.75) is 184 Å². The molecule has 2 aliphatic rings. The predicted octanol–water partition coefficient (Wildman–Crippen LogP) is 19.8. The Bertz CT molecular complexity index is 3500. The molecule has 3 aromatic heterocycles. The van der Waals surface area contributed by atoms with Crippen LogP contribution < -0.4 is 9.97 Å². The largest absolute Gasteiger partial charge is 2.00 e. The first-order chi connectivity index (χ1) is 44.9. The summed E-state index contributed by atoms with van der Waals surface area (Å²) < 4.78 is 23.7. The summed E-state index contributed by atoms with van der Waals surface area (Å²) in [6.07, 6.45) is 25.0. The van der Waals surface area contributed by atoms with Gasteiger partial charge in [0, 0.05) is 0 Å². The number of hydrogen-bond donors (Lipinski definition) is 0. The van der Waals surface area contributed by atoms with Gasteiger partial charge in [0.1, 0.15) is 0 Å². The molecule has 7 aromatic rings. The van der Waals surface area contributed by atoms with E-state index in [9.17, 15) is 19.2 Å². The number of aryl methyl sites for hydroxylation is 4. The maximum Gasteiger partial charge on any atom is 2.00 e. The summed E-state index contributed by atoms with van der Waals surface area (Å²) in [5.74, 6) is -1.58. The SMILES string of the molecule is CCCCOC(=O)c1cc(CCCC)cc(-c2c3nc(c(-c4cc(CCCC)cc(C(=O)OCCCC)c4)c4ccc([n-]4)c(-c4cc(CCCC)cc(C(=O)OCCCC)c4)c4nc(c(-c5cc(CCCC)cc(C(=O)OCCCC)c5)c5ccc2[n-]5)C=C4)C=C3)c1.[Pt+2]. The van der Waals surface area contributed by atoms with Crippen molar-refractivity contribution in [3.8, 4) is 44.5 Å². The topological polar surface area (TPSA) is 159 Å². The van der Waals surface area contributed by atoms with Crippen LogP contribution in [0.2, 0.25) is 0 Å². The Kier molecular flexibility index (Phi) is 27.0. The summed E-state index contributed by atoms with van der Waals surface area (Å²) in [7, 11) is 0. The van der Waals surface area contributed by atoms with Gasteiger partial charge in [0.25, 0.3) is 0 Å². The Morgan fingerprint density at radius 3 is 0.731 bits per heavy atom. The number of carbonyl (C=O) groups is 4. The van der Waals surface area contributed by atoms with Gasteiger partial charge in [-0.3, -0.25) is 0 Å². The Morgan fingerprint density at radius 1 is 0.312 bits per heavy atom. The van der Waals surface area contributed by atoms with Crippen molar-refractivity contribution in [3.05, 3.63) is 164 Å². The second-order valence-corrected chi connectivity index (χ2v) is 24.4. The summed E-state index contributed by atoms with van der Waals surface area (Å²) in [6.45, 7) is 18.2. The van der Waals surface area contributed by atoms with Gasteiger partial charge in [-0.1, -0.05) is 155 Å². The molecule has 13 heteroatoms. The van der Waals surface area contributed by atoms with E-state index < -0.39 is 23.9 Å². The van der Waals surface area contributed by atoms with Crippen molar-refractivity contribution in [1.82, 2.24) is 19.9 Å². The minimum atomic E-state index is -0.396. The Labute approximate surface area is 565 Å². The van der Waals surface area contributed by atoms with E-state index in [2.05, 4.69) is 79.7 Å². The maximum absolute atomic E-state index is 14.2. The average Bonchev–Trinajstić information content (AvgIpc) is 1.67. The fraction of sp³-hybridized carbons (Fsp3) is 0.400. The van der Waals surface area contributed by atoms with E-state index in [0.717, 1.165) is 173 Å². The fourth-order valence-corrected chi connectivity index (χ4v) is 11.8. The first kappa shape index (κ1) is 70.9. The molecule has 2 aliphatic heterocycles. The molecule has 93 heavy (non-hydrogen) atoms. The Morgan fingerprint density at radius 2 is 0.527 bits per heavy atom. The van der Waals surface area contributed by atoms with Crippen LogP contribution in [0.15, 0.2) is 97.1 Å². The molecule has 0 fully saturated rings. The van der Waals surface area contributed by atoms with Crippen molar-refractivity contribution >= 4 is 70.2 Å². The van der Waals surface area contributed by atoms with Gasteiger partial charge in [-0.05, 0) is 217 Å². The van der Waals surface area contributed by atoms with Gasteiger partial charge in [0.05, 0.1) is 71.5 Å². The predicted molar refractivity (Wildman–Crippen MR) is 374 cm³/mol. The molecule has 9 rings (SSSR count). The van der Waals surface area contributed by atoms with E-state index in [1.807, 2.05) is 97.1 Å². The second-order valence-electron chi connectivity index (χ2n) is 24.4. The minimum absolute atomic E-state index is 0. The molecular weight excluding hydrogens is 1340 g/mol. The van der Waals surface area contributed by atoms with Crippen LogP contribution in [0.5, 0.6) is 0 Å². The first-order valence-electron chi connectivity index (χ1n) is 34.2. The number of aromatic nitrogens is 4. The van der Waals surface area contributed by atoms with Crippen molar-refractivity contribution in [3.63, 3.8) is 0 Å². The summed E-state index contributed by atoms with van der Waals surface area (Å²) >= 11 is 0. The number of benzene rings is 4. The van der Waals surface area contributed by atoms with Crippen LogP contribution in [0.3, 0.4) is 0 Å². The van der Waals surface area contributed by atoms with Crippen LogP contribution in [0.4, 0.5) is 0 Å². The molecule has 12 nitrogen and oxygen atoms in total. The monoisotopic (exact) mass is 1430 g/mol. The summed E-state index contributed by atoms with van der Waals surface area (Å²) in [5.41, 5.74) is 16.3. The van der Waals surface area contributed by atoms with Crippen molar-refractivity contribution in [2.75, 3.05) is 26.4 Å². The quantitative estimate of drug-likeness (QED) is 0.0223. The zero-order chi connectivity index (χ0) is 64.9. The first-order valence-corrected chi connectivity index (χ1v) is 34.2. The zero-order valence-corrected chi connectivity index (χ0v) is 58.2. The Hall–Kier alpha value is -7.95. The molecule has 0 saturated carbocycles. The number of hydrogen-bond acceptors (Lipinski definition) is 10. The van der Waals surface area contributed by atoms with E-state index in [1.165, 1.54) is 0 Å². The number of carbonyl (C=O) groups excluding carboxylic acids is 4. The number of fused-ring (bicyclic) bond motifs is 8. The van der Waals surface area contributed by atoms with Gasteiger partial charge in [0.2, 0.25) is 0 Å². The van der Waals surface area contributed by atoms with Crippen molar-refractivity contribution in [2.24, 2.45) is 0 Å². The van der Waals surface area contributed by atoms with Gasteiger partial charge in [-0.2, -0.15) is 0 Å². The molecule has 0 unspecified atom stereocenters. The van der Waals surface area contributed by atoms with Crippen LogP contribution in [0.1, 0.15) is 245 Å². The van der Waals surface area contributed by atoms with Gasteiger partial charge in [-0.25, -0.2) is 29.1 Å². The molecule has 4 aromatic carbocycles. The molecule has 0 aliphatic carbocycles. The second kappa shape index (κ2) is 35.4. The molecular formula is C80H92N4O8Pt. The molecule has 0 N–H and O–H groups in total. The third-order valence-corrected chi connectivity index (χ3v) is 16.9. The van der Waals surface area contributed by atoms with Gasteiger partial charge in [0.15, 0.2) is 0 Å². The smallest absolute Gasteiger partial charge is 0.657 e. The van der Waals surface area contributed by atoms with Crippen LogP contribution in [0.25, 0.3) is 90.9 Å². The van der Waals surface area contributed by atoms with Gasteiger partial charge in [-0.15, -0.1) is 22.1 Å². The number of rotatable bonds is 32. The molecule has 0 amide bonds. The number of ether oxygens (including phenoxy) is 4. The maximum atomic E-state index is 14.2. The standard InChI is InChI=1S/C80H92N4O8.Pt/c1-9-17-25-53-41-57(49-61(45-53)77(85)89-37-21-13-5)73-65-29-31-67(81-65)74(58-42-54(26-18-10-2)46-62(50-58)78(86)90-38-22-14-6)69-33-35-71(83-69)76(60-44-56(28-20-12-4)48-64(52-60)80(88)92-40-24-16-8)72-36-34-70(84-72)75(68-32-30-66(73)82-68)59-43-55(27-19-11-3)47-63(51-59)79(87)91-39-23-15-7;/h29-36,41-52H,9-28,37-40H2,1-8H3;/q-2;+2. The molecule has 0 radical (unpaired) electrons. The summed E-state index contributed by atoms with van der Waals surface area (Å²) in [4.78, 5) is 79.2. The van der Waals surface area contributed by atoms with Crippen LogP contribution in [-0.4, -0.2) is 60.3 Å². The Balaban J connectivity index is 0.0000111. The third-order valence-electron chi connectivity index (χ3n) is 16.9. The van der Waals surface area contributed by atoms with Crippen molar-refractivity contribution < 1.29 is 59.2 Å². The minimum Gasteiger partial charge on any atom is -0.657 e. The van der Waals surface area contributed by atoms with E-state index in [-0.39, 0.29) is 21.1 Å². The number of unbranched alkanes of at least 4 members (excludes halogenated alkanes) is 8. The molecule has 8 bridgehead atoms. The van der Waals surface area contributed by atoms with Crippen LogP contribution in [-0.2, 0) is 65.7 Å². The van der Waals surface area contributed by atoms with Crippen molar-refractivity contribution in [1.29, 1.82) is 0 Å². The number of esters is 4. The summed E-state index contributed by atoms with van der Waals surface area (Å²) in [5, 5.41) is 0. The van der Waals surface area contributed by atoms with E-state index in [4.69, 9.17) is 38.9 Å². The van der Waals surface area contributed by atoms with Crippen LogP contribution in [0, 0.1) is 0 Å². The zero-order valence-electron chi connectivity index (χ0n) is 55.9. The molecule has 0 spiro atoms. The van der Waals surface area contributed by atoms with E-state index in [0.29, 0.717) is 116 Å². The molecule has 490 valence electrons. The van der Waals surface area contributed by atoms with Gasteiger partial charge < -0.3 is 28.9 Å². The van der Waals surface area contributed by atoms with E-state index >= 15 is 0 Å². The third kappa shape index (κ3) is 18.3. The fourth-order valence-electron chi connectivity index (χ4n) is 11.8. The molecule has 0 saturated heterocycles. The molecule has 5 heterocycles. The average molecular weight is 1430 g/mol. The molecule has 0 atom stereocenters. The number of nitrogens with zero attached hydrogens (tertiary/aromatic N) is 4.